The highest BCUT2D eigenvalue weighted by Crippen LogP contribution is 2.34. The monoisotopic (exact) mass is 402 g/mol. The van der Waals surface area contributed by atoms with Gasteiger partial charge in [0.1, 0.15) is 5.02 Å². The van der Waals surface area contributed by atoms with Crippen LogP contribution in [0, 0.1) is 0 Å². The molecule has 1 unspecified atom stereocenters. The summed E-state index contributed by atoms with van der Waals surface area (Å²) in [7, 11) is 2.07. The molecule has 0 bridgehead atoms. The molecule has 4 rings (SSSR count). The number of anilines is 1. The van der Waals surface area contributed by atoms with Gasteiger partial charge >= 0.3 is 0 Å². The van der Waals surface area contributed by atoms with E-state index in [1.54, 1.807) is 6.20 Å². The second kappa shape index (κ2) is 8.64. The average molecular weight is 403 g/mol. The summed E-state index contributed by atoms with van der Waals surface area (Å²) < 4.78 is 6.89. The van der Waals surface area contributed by atoms with Crippen molar-refractivity contribution in [1.29, 1.82) is 0 Å². The van der Waals surface area contributed by atoms with E-state index in [0.29, 0.717) is 24.8 Å². The number of hydrogen-bond acceptors (Lipinski definition) is 5. The molecule has 2 aromatic rings. The van der Waals surface area contributed by atoms with Crippen LogP contribution in [0.5, 0.6) is 0 Å². The van der Waals surface area contributed by atoms with Gasteiger partial charge in [-0.3, -0.25) is 9.69 Å². The predicted molar refractivity (Wildman–Crippen MR) is 112 cm³/mol. The van der Waals surface area contributed by atoms with Crippen LogP contribution in [-0.2, 0) is 4.74 Å². The minimum absolute atomic E-state index is 0.161. The van der Waals surface area contributed by atoms with Crippen LogP contribution in [0.2, 0.25) is 5.02 Å². The third kappa shape index (κ3) is 4.09. The maximum absolute atomic E-state index is 12.7. The molecule has 1 aliphatic carbocycles. The molecular formula is C21H27ClN4O2. The first-order valence-electron chi connectivity index (χ1n) is 10.0. The largest absolute Gasteiger partial charge is 0.381 e. The zero-order valence-electron chi connectivity index (χ0n) is 16.2. The first kappa shape index (κ1) is 19.4. The third-order valence-corrected chi connectivity index (χ3v) is 6.30. The van der Waals surface area contributed by atoms with Crippen LogP contribution in [0.15, 0.2) is 35.3 Å². The summed E-state index contributed by atoms with van der Waals surface area (Å²) in [5, 5.41) is 7.74. The minimum atomic E-state index is -0.312. The van der Waals surface area contributed by atoms with Crippen LogP contribution in [-0.4, -0.2) is 54.1 Å². The van der Waals surface area contributed by atoms with Crippen LogP contribution >= 0.6 is 11.6 Å². The molecule has 150 valence electrons. The highest BCUT2D eigenvalue weighted by Gasteiger charge is 2.20. The van der Waals surface area contributed by atoms with E-state index in [1.165, 1.54) is 35.9 Å². The number of morpholine rings is 1. The van der Waals surface area contributed by atoms with Gasteiger partial charge in [-0.2, -0.15) is 9.78 Å². The number of hydrogen-bond donors (Lipinski definition) is 1. The van der Waals surface area contributed by atoms with Crippen LogP contribution in [0.4, 0.5) is 5.69 Å². The van der Waals surface area contributed by atoms with E-state index in [4.69, 9.17) is 16.3 Å². The molecule has 0 amide bonds. The molecule has 2 fully saturated rings. The summed E-state index contributed by atoms with van der Waals surface area (Å²) >= 11 is 6.36. The van der Waals surface area contributed by atoms with Gasteiger partial charge in [-0.1, -0.05) is 36.6 Å². The Hall–Kier alpha value is -1.89. The highest BCUT2D eigenvalue weighted by atomic mass is 35.5. The van der Waals surface area contributed by atoms with Gasteiger partial charge in [0.25, 0.3) is 5.56 Å². The lowest BCUT2D eigenvalue weighted by Gasteiger charge is -2.32. The SMILES string of the molecule is CN1CCOCC1CNc1cnn(-c2ccc(C3CCCC3)cc2)c(=O)c1Cl. The summed E-state index contributed by atoms with van der Waals surface area (Å²) in [6.07, 6.45) is 6.74. The first-order chi connectivity index (χ1) is 13.6. The molecule has 1 atom stereocenters. The molecule has 6 nitrogen and oxygen atoms in total. The number of nitrogens with zero attached hydrogens (tertiary/aromatic N) is 3. The second-order valence-corrected chi connectivity index (χ2v) is 8.13. The number of halogens is 1. The van der Waals surface area contributed by atoms with Crippen molar-refractivity contribution >= 4 is 17.3 Å². The lowest BCUT2D eigenvalue weighted by atomic mass is 9.98. The molecule has 7 heteroatoms. The number of ether oxygens (including phenoxy) is 1. The van der Waals surface area contributed by atoms with E-state index in [0.717, 1.165) is 18.8 Å². The van der Waals surface area contributed by atoms with Gasteiger partial charge in [0.05, 0.1) is 36.8 Å². The molecule has 0 spiro atoms. The lowest BCUT2D eigenvalue weighted by molar-refractivity contribution is 0.0110. The fourth-order valence-corrected chi connectivity index (χ4v) is 4.26. The predicted octanol–water partition coefficient (Wildman–Crippen LogP) is 3.29. The zero-order valence-corrected chi connectivity index (χ0v) is 17.0. The molecule has 2 heterocycles. The Labute approximate surface area is 170 Å². The van der Waals surface area contributed by atoms with Crippen LogP contribution in [0.1, 0.15) is 37.2 Å². The first-order valence-corrected chi connectivity index (χ1v) is 10.4. The van der Waals surface area contributed by atoms with Gasteiger partial charge in [0.15, 0.2) is 0 Å². The lowest BCUT2D eigenvalue weighted by Crippen LogP contribution is -2.46. The molecular weight excluding hydrogens is 376 g/mol. The minimum Gasteiger partial charge on any atom is -0.381 e. The number of benzene rings is 1. The van der Waals surface area contributed by atoms with Crippen molar-refractivity contribution in [3.05, 3.63) is 51.4 Å². The smallest absolute Gasteiger partial charge is 0.292 e. The van der Waals surface area contributed by atoms with Crippen molar-refractivity contribution in [3.8, 4) is 5.69 Å². The molecule has 1 aliphatic heterocycles. The number of nitrogens with one attached hydrogen (secondary N) is 1. The Morgan fingerprint density at radius 3 is 2.71 bits per heavy atom. The summed E-state index contributed by atoms with van der Waals surface area (Å²) in [6, 6.07) is 8.38. The Morgan fingerprint density at radius 2 is 2.00 bits per heavy atom. The normalized spacial score (nSPS) is 21.1. The highest BCUT2D eigenvalue weighted by molar-refractivity contribution is 6.32. The Bertz CT molecular complexity index is 862. The summed E-state index contributed by atoms with van der Waals surface area (Å²) in [6.45, 7) is 2.97. The van der Waals surface area contributed by atoms with Gasteiger partial charge in [0, 0.05) is 13.1 Å². The van der Waals surface area contributed by atoms with Crippen molar-refractivity contribution in [2.75, 3.05) is 38.7 Å². The van der Waals surface area contributed by atoms with E-state index >= 15 is 0 Å². The number of aromatic nitrogens is 2. The van der Waals surface area contributed by atoms with Crippen molar-refractivity contribution in [3.63, 3.8) is 0 Å². The van der Waals surface area contributed by atoms with Crippen LogP contribution in [0.3, 0.4) is 0 Å². The Balaban J connectivity index is 1.48. The molecule has 0 radical (unpaired) electrons. The maximum atomic E-state index is 12.7. The number of rotatable bonds is 5. The van der Waals surface area contributed by atoms with Crippen molar-refractivity contribution < 1.29 is 4.74 Å². The molecule has 28 heavy (non-hydrogen) atoms. The van der Waals surface area contributed by atoms with Crippen molar-refractivity contribution in [2.45, 2.75) is 37.6 Å². The molecule has 1 saturated carbocycles. The van der Waals surface area contributed by atoms with Crippen molar-refractivity contribution in [1.82, 2.24) is 14.7 Å². The van der Waals surface area contributed by atoms with Gasteiger partial charge in [-0.25, -0.2) is 0 Å². The third-order valence-electron chi connectivity index (χ3n) is 5.93. The summed E-state index contributed by atoms with van der Waals surface area (Å²) in [5.41, 5.74) is 2.33. The molecule has 1 aromatic carbocycles. The molecule has 2 aliphatic rings. The molecule has 1 saturated heterocycles. The van der Waals surface area contributed by atoms with E-state index in [9.17, 15) is 4.79 Å². The second-order valence-electron chi connectivity index (χ2n) is 7.75. The van der Waals surface area contributed by atoms with Crippen molar-refractivity contribution in [2.24, 2.45) is 0 Å². The number of likely N-dealkylation sites (N-methyl/N-ethyl adjacent to an activating group) is 1. The van der Waals surface area contributed by atoms with Crippen LogP contribution in [0.25, 0.3) is 5.69 Å². The van der Waals surface area contributed by atoms with E-state index in [2.05, 4.69) is 34.5 Å². The van der Waals surface area contributed by atoms with Gasteiger partial charge in [0.2, 0.25) is 0 Å². The average Bonchev–Trinajstić information content (AvgIpc) is 3.25. The topological polar surface area (TPSA) is 59.4 Å². The molecule has 1 N–H and O–H groups in total. The maximum Gasteiger partial charge on any atom is 0.292 e. The van der Waals surface area contributed by atoms with E-state index in [1.807, 2.05) is 12.1 Å². The van der Waals surface area contributed by atoms with Crippen LogP contribution < -0.4 is 10.9 Å². The summed E-state index contributed by atoms with van der Waals surface area (Å²) in [4.78, 5) is 15.0. The Kier molecular flexibility index (Phi) is 5.99. The van der Waals surface area contributed by atoms with Gasteiger partial charge in [-0.05, 0) is 43.5 Å². The fraction of sp³-hybridized carbons (Fsp3) is 0.524. The van der Waals surface area contributed by atoms with E-state index < -0.39 is 0 Å². The summed E-state index contributed by atoms with van der Waals surface area (Å²) in [5.74, 6) is 0.649. The van der Waals surface area contributed by atoms with Gasteiger partial charge < -0.3 is 10.1 Å². The fourth-order valence-electron chi connectivity index (χ4n) is 4.07. The quantitative estimate of drug-likeness (QED) is 0.831. The molecule has 1 aromatic heterocycles. The Morgan fingerprint density at radius 1 is 1.25 bits per heavy atom. The van der Waals surface area contributed by atoms with E-state index in [-0.39, 0.29) is 16.6 Å². The standard InChI is InChI=1S/C21H27ClN4O2/c1-25-10-11-28-14-18(25)12-23-19-13-24-26(21(27)20(19)22)17-8-6-16(7-9-17)15-4-2-3-5-15/h6-9,13,15,18,23H,2-5,10-12,14H2,1H3. The zero-order chi connectivity index (χ0) is 19.5. The van der Waals surface area contributed by atoms with Gasteiger partial charge in [-0.15, -0.1) is 0 Å².